The molecule has 0 bridgehead atoms. The van der Waals surface area contributed by atoms with E-state index in [1.54, 1.807) is 0 Å². The third kappa shape index (κ3) is 5.58. The summed E-state index contributed by atoms with van der Waals surface area (Å²) in [7, 11) is 3.88. The molecule has 0 spiro atoms. The van der Waals surface area contributed by atoms with Gasteiger partial charge in [0, 0.05) is 38.9 Å². The van der Waals surface area contributed by atoms with Gasteiger partial charge in [-0.3, -0.25) is 4.79 Å². The van der Waals surface area contributed by atoms with Crippen LogP contribution >= 0.6 is 0 Å². The summed E-state index contributed by atoms with van der Waals surface area (Å²) in [6, 6.07) is 11.6. The number of hydrogen-bond acceptors (Lipinski definition) is 5. The molecular formula is C17H23N5O. The fraction of sp³-hybridized carbons (Fsp3) is 0.353. The van der Waals surface area contributed by atoms with E-state index in [4.69, 9.17) is 0 Å². The Labute approximate surface area is 137 Å². The van der Waals surface area contributed by atoms with Crippen LogP contribution < -0.4 is 15.5 Å². The van der Waals surface area contributed by atoms with Crippen molar-refractivity contribution in [3.8, 4) is 0 Å². The molecule has 2 N–H and O–H groups in total. The highest BCUT2D eigenvalue weighted by Gasteiger charge is 2.05. The van der Waals surface area contributed by atoms with Crippen LogP contribution in [0.3, 0.4) is 0 Å². The van der Waals surface area contributed by atoms with E-state index < -0.39 is 0 Å². The summed E-state index contributed by atoms with van der Waals surface area (Å²) in [6.07, 6.45) is 0.395. The second-order valence-electron chi connectivity index (χ2n) is 5.52. The molecule has 0 aliphatic rings. The number of aryl methyl sites for hydroxylation is 1. The third-order valence-corrected chi connectivity index (χ3v) is 3.24. The number of rotatable bonds is 7. The van der Waals surface area contributed by atoms with E-state index in [0.29, 0.717) is 25.5 Å². The average molecular weight is 313 g/mol. The molecule has 1 aromatic heterocycles. The highest BCUT2D eigenvalue weighted by Crippen LogP contribution is 2.11. The zero-order valence-electron chi connectivity index (χ0n) is 13.8. The number of nitrogens with one attached hydrogen (secondary N) is 2. The van der Waals surface area contributed by atoms with Crippen LogP contribution in [0.4, 0.5) is 11.8 Å². The van der Waals surface area contributed by atoms with E-state index in [2.05, 4.69) is 20.6 Å². The van der Waals surface area contributed by atoms with Crippen LogP contribution in [0.25, 0.3) is 0 Å². The Bertz CT molecular complexity index is 643. The van der Waals surface area contributed by atoms with Gasteiger partial charge in [0.2, 0.25) is 11.9 Å². The number of nitrogens with zero attached hydrogens (tertiary/aromatic N) is 3. The fourth-order valence-corrected chi connectivity index (χ4v) is 2.08. The van der Waals surface area contributed by atoms with Gasteiger partial charge >= 0.3 is 0 Å². The van der Waals surface area contributed by atoms with Crippen molar-refractivity contribution in [1.29, 1.82) is 0 Å². The van der Waals surface area contributed by atoms with Crippen LogP contribution in [-0.2, 0) is 11.2 Å². The predicted molar refractivity (Wildman–Crippen MR) is 92.7 cm³/mol. The van der Waals surface area contributed by atoms with Crippen LogP contribution in [-0.4, -0.2) is 43.1 Å². The van der Waals surface area contributed by atoms with Crippen LogP contribution in [0.15, 0.2) is 36.4 Å². The fourth-order valence-electron chi connectivity index (χ4n) is 2.08. The highest BCUT2D eigenvalue weighted by molar-refractivity contribution is 5.78. The first-order valence-corrected chi connectivity index (χ1v) is 7.62. The van der Waals surface area contributed by atoms with Crippen molar-refractivity contribution in [3.63, 3.8) is 0 Å². The first-order chi connectivity index (χ1) is 11.0. The van der Waals surface area contributed by atoms with Gasteiger partial charge in [-0.15, -0.1) is 0 Å². The normalized spacial score (nSPS) is 10.2. The molecule has 0 saturated carbocycles. The summed E-state index contributed by atoms with van der Waals surface area (Å²) in [6.45, 7) is 3.04. The Morgan fingerprint density at radius 2 is 1.87 bits per heavy atom. The van der Waals surface area contributed by atoms with Crippen molar-refractivity contribution in [3.05, 3.63) is 47.7 Å². The summed E-state index contributed by atoms with van der Waals surface area (Å²) in [5, 5.41) is 6.02. The van der Waals surface area contributed by atoms with Gasteiger partial charge in [-0.05, 0) is 12.5 Å². The van der Waals surface area contributed by atoms with Gasteiger partial charge in [0.15, 0.2) is 0 Å². The van der Waals surface area contributed by atoms with Crippen LogP contribution in [0.5, 0.6) is 0 Å². The molecule has 1 heterocycles. The molecule has 23 heavy (non-hydrogen) atoms. The molecule has 6 nitrogen and oxygen atoms in total. The van der Waals surface area contributed by atoms with Crippen LogP contribution in [0.2, 0.25) is 0 Å². The van der Waals surface area contributed by atoms with E-state index >= 15 is 0 Å². The number of hydrogen-bond donors (Lipinski definition) is 2. The molecule has 0 aliphatic heterocycles. The summed E-state index contributed by atoms with van der Waals surface area (Å²) < 4.78 is 0. The largest absolute Gasteiger partial charge is 0.363 e. The second kappa shape index (κ2) is 8.12. The predicted octanol–water partition coefficient (Wildman–Crippen LogP) is 1.62. The lowest BCUT2D eigenvalue weighted by atomic mass is 10.1. The van der Waals surface area contributed by atoms with Gasteiger partial charge in [-0.1, -0.05) is 30.3 Å². The Morgan fingerprint density at radius 3 is 2.57 bits per heavy atom. The molecule has 0 atom stereocenters. The maximum atomic E-state index is 11.8. The molecule has 0 saturated heterocycles. The van der Waals surface area contributed by atoms with Crippen LogP contribution in [0.1, 0.15) is 11.3 Å². The monoisotopic (exact) mass is 313 g/mol. The van der Waals surface area contributed by atoms with Gasteiger partial charge in [-0.2, -0.15) is 4.98 Å². The van der Waals surface area contributed by atoms with Crippen molar-refractivity contribution < 1.29 is 4.79 Å². The Balaban J connectivity index is 1.76. The molecule has 2 aromatic rings. The first-order valence-electron chi connectivity index (χ1n) is 7.62. The van der Waals surface area contributed by atoms with Gasteiger partial charge in [-0.25, -0.2) is 4.98 Å². The number of anilines is 2. The van der Waals surface area contributed by atoms with Crippen molar-refractivity contribution in [2.75, 3.05) is 37.4 Å². The smallest absolute Gasteiger partial charge is 0.224 e. The van der Waals surface area contributed by atoms with Crippen molar-refractivity contribution in [2.24, 2.45) is 0 Å². The first kappa shape index (κ1) is 16.7. The van der Waals surface area contributed by atoms with Crippen LogP contribution in [0, 0.1) is 6.92 Å². The number of benzene rings is 1. The van der Waals surface area contributed by atoms with E-state index in [-0.39, 0.29) is 5.91 Å². The highest BCUT2D eigenvalue weighted by atomic mass is 16.1. The Morgan fingerprint density at radius 1 is 1.13 bits per heavy atom. The van der Waals surface area contributed by atoms with Gasteiger partial charge < -0.3 is 15.5 Å². The van der Waals surface area contributed by atoms with E-state index in [9.17, 15) is 4.79 Å². The molecule has 2 rings (SSSR count). The molecule has 0 unspecified atom stereocenters. The molecule has 0 radical (unpaired) electrons. The Kier molecular flexibility index (Phi) is 5.91. The average Bonchev–Trinajstić information content (AvgIpc) is 2.52. The van der Waals surface area contributed by atoms with Gasteiger partial charge in [0.25, 0.3) is 0 Å². The summed E-state index contributed by atoms with van der Waals surface area (Å²) in [4.78, 5) is 22.5. The van der Waals surface area contributed by atoms with Gasteiger partial charge in [0.1, 0.15) is 5.82 Å². The maximum Gasteiger partial charge on any atom is 0.224 e. The van der Waals surface area contributed by atoms with E-state index in [1.807, 2.05) is 62.3 Å². The minimum absolute atomic E-state index is 0.0112. The van der Waals surface area contributed by atoms with Crippen molar-refractivity contribution in [1.82, 2.24) is 15.3 Å². The van der Waals surface area contributed by atoms with Gasteiger partial charge in [0.05, 0.1) is 6.42 Å². The molecule has 122 valence electrons. The number of carbonyl (C=O) groups is 1. The Hall–Kier alpha value is -2.63. The lowest BCUT2D eigenvalue weighted by Crippen LogP contribution is -2.30. The summed E-state index contributed by atoms with van der Waals surface area (Å²) in [5.74, 6) is 1.44. The number of carbonyl (C=O) groups excluding carboxylic acids is 1. The third-order valence-electron chi connectivity index (χ3n) is 3.24. The standard InChI is InChI=1S/C17H23N5O/c1-13-11-15(22(2)3)21-17(20-13)19-10-9-18-16(23)12-14-7-5-4-6-8-14/h4-8,11H,9-10,12H2,1-3H3,(H,18,23)(H,19,20,21). The minimum atomic E-state index is 0.0112. The lowest BCUT2D eigenvalue weighted by Gasteiger charge is -2.14. The van der Waals surface area contributed by atoms with E-state index in [0.717, 1.165) is 17.1 Å². The SMILES string of the molecule is Cc1cc(N(C)C)nc(NCCNC(=O)Cc2ccccc2)n1. The van der Waals surface area contributed by atoms with E-state index in [1.165, 1.54) is 0 Å². The molecule has 0 aliphatic carbocycles. The molecule has 0 fully saturated rings. The van der Waals surface area contributed by atoms with Crippen molar-refractivity contribution in [2.45, 2.75) is 13.3 Å². The summed E-state index contributed by atoms with van der Waals surface area (Å²) >= 11 is 0. The molecular weight excluding hydrogens is 290 g/mol. The second-order valence-corrected chi connectivity index (χ2v) is 5.52. The molecule has 6 heteroatoms. The topological polar surface area (TPSA) is 70.2 Å². The van der Waals surface area contributed by atoms with Crippen molar-refractivity contribution >= 4 is 17.7 Å². The maximum absolute atomic E-state index is 11.8. The molecule has 1 aromatic carbocycles. The minimum Gasteiger partial charge on any atom is -0.363 e. The quantitative estimate of drug-likeness (QED) is 0.760. The zero-order chi connectivity index (χ0) is 16.7. The lowest BCUT2D eigenvalue weighted by molar-refractivity contribution is -0.120. The summed E-state index contributed by atoms with van der Waals surface area (Å²) in [5.41, 5.74) is 1.91. The number of amides is 1. The molecule has 1 amide bonds. The zero-order valence-corrected chi connectivity index (χ0v) is 13.8. The number of aromatic nitrogens is 2.